The first-order valence-corrected chi connectivity index (χ1v) is 11.2. The van der Waals surface area contributed by atoms with E-state index in [0.29, 0.717) is 23.6 Å². The van der Waals surface area contributed by atoms with Gasteiger partial charge in [0, 0.05) is 15.7 Å². The van der Waals surface area contributed by atoms with Crippen molar-refractivity contribution < 1.29 is 9.53 Å². The summed E-state index contributed by atoms with van der Waals surface area (Å²) in [5, 5.41) is 14.4. The van der Waals surface area contributed by atoms with Gasteiger partial charge >= 0.3 is 0 Å². The van der Waals surface area contributed by atoms with Crippen molar-refractivity contribution in [2.45, 2.75) is 13.5 Å². The van der Waals surface area contributed by atoms with E-state index >= 15 is 0 Å². The number of ether oxygens (including phenoxy) is 1. The SMILES string of the molecule is Cc1ccc(NC(=O)/C(C#N)=C/c2c(OCc3ccc(Br)cc3)ccc3ccccc23)cc1. The summed E-state index contributed by atoms with van der Waals surface area (Å²) in [7, 11) is 0. The number of aryl methyl sites for hydroxylation is 1. The summed E-state index contributed by atoms with van der Waals surface area (Å²) in [6.07, 6.45) is 1.60. The highest BCUT2D eigenvalue weighted by Gasteiger charge is 2.14. The lowest BCUT2D eigenvalue weighted by Crippen LogP contribution is -2.13. The Morgan fingerprint density at radius 3 is 2.45 bits per heavy atom. The molecule has 1 N–H and O–H groups in total. The van der Waals surface area contributed by atoms with Crippen molar-refractivity contribution >= 4 is 44.4 Å². The minimum atomic E-state index is -0.465. The van der Waals surface area contributed by atoms with E-state index < -0.39 is 5.91 Å². The Kier molecular flexibility index (Phi) is 6.87. The summed E-state index contributed by atoms with van der Waals surface area (Å²) in [5.41, 5.74) is 3.43. The number of rotatable bonds is 6. The largest absolute Gasteiger partial charge is 0.488 e. The van der Waals surface area contributed by atoms with E-state index in [9.17, 15) is 10.1 Å². The van der Waals surface area contributed by atoms with Crippen molar-refractivity contribution in [2.75, 3.05) is 5.32 Å². The number of benzene rings is 4. The quantitative estimate of drug-likeness (QED) is 0.230. The molecule has 0 fully saturated rings. The molecule has 0 aliphatic carbocycles. The minimum Gasteiger partial charge on any atom is -0.488 e. The van der Waals surface area contributed by atoms with Crippen LogP contribution in [0.1, 0.15) is 16.7 Å². The molecule has 4 rings (SSSR count). The first-order chi connectivity index (χ1) is 16.0. The van der Waals surface area contributed by atoms with E-state index in [1.165, 1.54) is 0 Å². The number of hydrogen-bond donors (Lipinski definition) is 1. The zero-order valence-electron chi connectivity index (χ0n) is 18.0. The number of nitrogens with one attached hydrogen (secondary N) is 1. The molecule has 0 heterocycles. The van der Waals surface area contributed by atoms with E-state index in [1.54, 1.807) is 6.08 Å². The van der Waals surface area contributed by atoms with E-state index in [-0.39, 0.29) is 5.57 Å². The third-order valence-corrected chi connectivity index (χ3v) is 5.73. The molecule has 0 atom stereocenters. The third-order valence-electron chi connectivity index (χ3n) is 5.20. The standard InChI is InChI=1S/C28H21BrN2O2/c1-19-6-13-24(14-7-19)31-28(32)22(17-30)16-26-25-5-3-2-4-21(25)10-15-27(26)33-18-20-8-11-23(29)12-9-20/h2-16H,18H2,1H3,(H,31,32)/b22-16+. The number of nitrogens with zero attached hydrogens (tertiary/aromatic N) is 1. The second-order valence-electron chi connectivity index (χ2n) is 7.60. The third kappa shape index (κ3) is 5.49. The van der Waals surface area contributed by atoms with Gasteiger partial charge in [-0.25, -0.2) is 0 Å². The molecule has 5 heteroatoms. The van der Waals surface area contributed by atoms with Crippen LogP contribution in [0.15, 0.2) is 95.0 Å². The van der Waals surface area contributed by atoms with Crippen molar-refractivity contribution in [1.29, 1.82) is 5.26 Å². The van der Waals surface area contributed by atoms with Gasteiger partial charge in [-0.05, 0) is 59.7 Å². The fourth-order valence-electron chi connectivity index (χ4n) is 3.42. The molecule has 0 unspecified atom stereocenters. The molecule has 0 bridgehead atoms. The Morgan fingerprint density at radius 2 is 1.73 bits per heavy atom. The molecular formula is C28H21BrN2O2. The minimum absolute atomic E-state index is 0.000389. The number of halogens is 1. The van der Waals surface area contributed by atoms with Gasteiger partial charge in [0.15, 0.2) is 0 Å². The van der Waals surface area contributed by atoms with Crippen LogP contribution < -0.4 is 10.1 Å². The highest BCUT2D eigenvalue weighted by molar-refractivity contribution is 9.10. The van der Waals surface area contributed by atoms with Crippen molar-refractivity contribution in [1.82, 2.24) is 0 Å². The van der Waals surface area contributed by atoms with Gasteiger partial charge in [-0.3, -0.25) is 4.79 Å². The number of amides is 1. The van der Waals surface area contributed by atoms with Crippen LogP contribution in [0.2, 0.25) is 0 Å². The zero-order chi connectivity index (χ0) is 23.2. The highest BCUT2D eigenvalue weighted by atomic mass is 79.9. The molecule has 0 aliphatic heterocycles. The molecule has 0 saturated carbocycles. The van der Waals surface area contributed by atoms with Gasteiger partial charge in [-0.15, -0.1) is 0 Å². The topological polar surface area (TPSA) is 62.1 Å². The van der Waals surface area contributed by atoms with Gasteiger partial charge in [0.2, 0.25) is 0 Å². The normalized spacial score (nSPS) is 11.1. The van der Waals surface area contributed by atoms with E-state index in [1.807, 2.05) is 97.9 Å². The monoisotopic (exact) mass is 496 g/mol. The van der Waals surface area contributed by atoms with E-state index in [0.717, 1.165) is 26.4 Å². The smallest absolute Gasteiger partial charge is 0.266 e. The van der Waals surface area contributed by atoms with Crippen LogP contribution in [0.5, 0.6) is 5.75 Å². The van der Waals surface area contributed by atoms with Gasteiger partial charge in [-0.2, -0.15) is 5.26 Å². The van der Waals surface area contributed by atoms with Crippen LogP contribution in [-0.2, 0) is 11.4 Å². The molecule has 0 radical (unpaired) electrons. The second-order valence-corrected chi connectivity index (χ2v) is 8.52. The highest BCUT2D eigenvalue weighted by Crippen LogP contribution is 2.31. The fourth-order valence-corrected chi connectivity index (χ4v) is 3.68. The van der Waals surface area contributed by atoms with Gasteiger partial charge in [0.1, 0.15) is 24.0 Å². The summed E-state index contributed by atoms with van der Waals surface area (Å²) in [4.78, 5) is 12.8. The lowest BCUT2D eigenvalue weighted by molar-refractivity contribution is -0.112. The van der Waals surface area contributed by atoms with Gasteiger partial charge < -0.3 is 10.1 Å². The number of nitriles is 1. The molecule has 0 spiro atoms. The van der Waals surface area contributed by atoms with Gasteiger partial charge in [-0.1, -0.05) is 76.1 Å². The number of fused-ring (bicyclic) bond motifs is 1. The van der Waals surface area contributed by atoms with E-state index in [4.69, 9.17) is 4.74 Å². The summed E-state index contributed by atoms with van der Waals surface area (Å²) in [5.74, 6) is 0.139. The molecule has 0 aliphatic rings. The maximum atomic E-state index is 12.8. The van der Waals surface area contributed by atoms with Crippen LogP contribution in [0.4, 0.5) is 5.69 Å². The lowest BCUT2D eigenvalue weighted by Gasteiger charge is -2.13. The Labute approximate surface area is 201 Å². The average Bonchev–Trinajstić information content (AvgIpc) is 2.84. The number of anilines is 1. The molecule has 4 aromatic carbocycles. The maximum absolute atomic E-state index is 12.8. The number of carbonyl (C=O) groups is 1. The van der Waals surface area contributed by atoms with Crippen LogP contribution in [0, 0.1) is 18.3 Å². The number of carbonyl (C=O) groups excluding carboxylic acids is 1. The molecule has 0 aromatic heterocycles. The maximum Gasteiger partial charge on any atom is 0.266 e. The second kappa shape index (κ2) is 10.2. The first-order valence-electron chi connectivity index (χ1n) is 10.4. The Bertz CT molecular complexity index is 1370. The molecule has 4 aromatic rings. The van der Waals surface area contributed by atoms with Crippen molar-refractivity contribution in [3.63, 3.8) is 0 Å². The van der Waals surface area contributed by atoms with Crippen molar-refractivity contribution in [2.24, 2.45) is 0 Å². The van der Waals surface area contributed by atoms with Crippen LogP contribution >= 0.6 is 15.9 Å². The molecule has 33 heavy (non-hydrogen) atoms. The summed E-state index contributed by atoms with van der Waals surface area (Å²) >= 11 is 3.44. The Hall–Kier alpha value is -3.88. The van der Waals surface area contributed by atoms with Crippen molar-refractivity contribution in [3.05, 3.63) is 112 Å². The molecular weight excluding hydrogens is 476 g/mol. The fraction of sp³-hybridized carbons (Fsp3) is 0.0714. The van der Waals surface area contributed by atoms with E-state index in [2.05, 4.69) is 21.2 Å². The summed E-state index contributed by atoms with van der Waals surface area (Å²) in [6.45, 7) is 2.34. The van der Waals surface area contributed by atoms with Gasteiger partial charge in [0.25, 0.3) is 5.91 Å². The lowest BCUT2D eigenvalue weighted by atomic mass is 10.0. The van der Waals surface area contributed by atoms with Gasteiger partial charge in [0.05, 0.1) is 0 Å². The predicted octanol–water partition coefficient (Wildman–Crippen LogP) is 7.04. The first kappa shape index (κ1) is 22.3. The predicted molar refractivity (Wildman–Crippen MR) is 136 cm³/mol. The van der Waals surface area contributed by atoms with Crippen molar-refractivity contribution in [3.8, 4) is 11.8 Å². The number of hydrogen-bond acceptors (Lipinski definition) is 3. The van der Waals surface area contributed by atoms with Crippen LogP contribution in [0.25, 0.3) is 16.8 Å². The zero-order valence-corrected chi connectivity index (χ0v) is 19.6. The molecule has 0 saturated heterocycles. The molecule has 162 valence electrons. The Morgan fingerprint density at radius 1 is 1.00 bits per heavy atom. The molecule has 4 nitrogen and oxygen atoms in total. The Balaban J connectivity index is 1.68. The average molecular weight is 497 g/mol. The molecule has 1 amide bonds. The summed E-state index contributed by atoms with van der Waals surface area (Å²) in [6, 6.07) is 29.0. The van der Waals surface area contributed by atoms with Crippen LogP contribution in [-0.4, -0.2) is 5.91 Å². The summed E-state index contributed by atoms with van der Waals surface area (Å²) < 4.78 is 7.13. The van der Waals surface area contributed by atoms with Crippen LogP contribution in [0.3, 0.4) is 0 Å².